The summed E-state index contributed by atoms with van der Waals surface area (Å²) in [5, 5.41) is 3.61. The van der Waals surface area contributed by atoms with Gasteiger partial charge in [-0.3, -0.25) is 0 Å². The third kappa shape index (κ3) is 5.53. The van der Waals surface area contributed by atoms with Crippen molar-refractivity contribution < 1.29 is 4.74 Å². The molecule has 0 aromatic rings. The molecule has 0 amide bonds. The van der Waals surface area contributed by atoms with Crippen molar-refractivity contribution >= 4 is 0 Å². The predicted molar refractivity (Wildman–Crippen MR) is 65.1 cm³/mol. The van der Waals surface area contributed by atoms with Gasteiger partial charge < -0.3 is 10.1 Å². The van der Waals surface area contributed by atoms with Crippen LogP contribution in [0.1, 0.15) is 53.9 Å². The Morgan fingerprint density at radius 3 is 2.27 bits per heavy atom. The van der Waals surface area contributed by atoms with Crippen molar-refractivity contribution in [3.8, 4) is 0 Å². The third-order valence-corrected chi connectivity index (χ3v) is 3.03. The van der Waals surface area contributed by atoms with E-state index < -0.39 is 0 Å². The molecule has 1 saturated carbocycles. The summed E-state index contributed by atoms with van der Waals surface area (Å²) < 4.78 is 5.62. The van der Waals surface area contributed by atoms with Gasteiger partial charge in [-0.2, -0.15) is 0 Å². The fourth-order valence-corrected chi connectivity index (χ4v) is 1.66. The SMILES string of the molecule is CC(C)OCCC1(CNC(C)(C)C)CC1. The second-order valence-electron chi connectivity index (χ2n) is 6.27. The lowest BCUT2D eigenvalue weighted by atomic mass is 10.0. The Morgan fingerprint density at radius 2 is 1.87 bits per heavy atom. The van der Waals surface area contributed by atoms with Crippen LogP contribution in [0.2, 0.25) is 0 Å². The predicted octanol–water partition coefficient (Wildman–Crippen LogP) is 2.97. The average molecular weight is 213 g/mol. The summed E-state index contributed by atoms with van der Waals surface area (Å²) in [5.74, 6) is 0. The van der Waals surface area contributed by atoms with Crippen LogP contribution >= 0.6 is 0 Å². The van der Waals surface area contributed by atoms with E-state index in [0.717, 1.165) is 13.2 Å². The van der Waals surface area contributed by atoms with Crippen LogP contribution < -0.4 is 5.32 Å². The molecule has 0 saturated heterocycles. The molecular formula is C13H27NO. The molecular weight excluding hydrogens is 186 g/mol. The molecule has 2 heteroatoms. The highest BCUT2D eigenvalue weighted by Crippen LogP contribution is 2.48. The standard InChI is InChI=1S/C13H27NO/c1-11(2)15-9-8-13(6-7-13)10-14-12(3,4)5/h11,14H,6-10H2,1-5H3. The maximum Gasteiger partial charge on any atom is 0.0518 e. The second kappa shape index (κ2) is 4.84. The minimum atomic E-state index is 0.245. The molecule has 0 bridgehead atoms. The Labute approximate surface area is 94.8 Å². The van der Waals surface area contributed by atoms with Crippen LogP contribution in [-0.2, 0) is 4.74 Å². The molecule has 0 atom stereocenters. The molecule has 15 heavy (non-hydrogen) atoms. The van der Waals surface area contributed by atoms with Gasteiger partial charge in [-0.05, 0) is 59.3 Å². The molecule has 1 N–H and O–H groups in total. The number of hydrogen-bond donors (Lipinski definition) is 1. The van der Waals surface area contributed by atoms with Gasteiger partial charge in [-0.25, -0.2) is 0 Å². The minimum absolute atomic E-state index is 0.245. The van der Waals surface area contributed by atoms with Crippen molar-refractivity contribution in [1.82, 2.24) is 5.32 Å². The van der Waals surface area contributed by atoms with Crippen LogP contribution in [0, 0.1) is 5.41 Å². The Hall–Kier alpha value is -0.0800. The molecule has 0 radical (unpaired) electrons. The Kier molecular flexibility index (Phi) is 4.19. The van der Waals surface area contributed by atoms with Crippen LogP contribution in [0.4, 0.5) is 0 Å². The number of hydrogen-bond acceptors (Lipinski definition) is 2. The number of rotatable bonds is 6. The molecule has 0 spiro atoms. The second-order valence-corrected chi connectivity index (χ2v) is 6.27. The van der Waals surface area contributed by atoms with Crippen LogP contribution in [0.5, 0.6) is 0 Å². The zero-order valence-electron chi connectivity index (χ0n) is 11.0. The van der Waals surface area contributed by atoms with Crippen LogP contribution in [0.15, 0.2) is 0 Å². The van der Waals surface area contributed by atoms with E-state index in [9.17, 15) is 0 Å². The quantitative estimate of drug-likeness (QED) is 0.732. The highest BCUT2D eigenvalue weighted by Gasteiger charge is 2.42. The lowest BCUT2D eigenvalue weighted by molar-refractivity contribution is 0.0651. The molecule has 1 rings (SSSR count). The Bertz CT molecular complexity index is 189. The summed E-state index contributed by atoms with van der Waals surface area (Å²) >= 11 is 0. The Morgan fingerprint density at radius 1 is 1.27 bits per heavy atom. The van der Waals surface area contributed by atoms with Crippen LogP contribution in [0.3, 0.4) is 0 Å². The van der Waals surface area contributed by atoms with E-state index in [-0.39, 0.29) is 5.54 Å². The van der Waals surface area contributed by atoms with E-state index in [2.05, 4.69) is 39.9 Å². The summed E-state index contributed by atoms with van der Waals surface area (Å²) in [6.45, 7) is 13.0. The molecule has 1 fully saturated rings. The first-order valence-electron chi connectivity index (χ1n) is 6.20. The first-order chi connectivity index (χ1) is 6.83. The van der Waals surface area contributed by atoms with E-state index in [1.807, 2.05) is 0 Å². The number of ether oxygens (including phenoxy) is 1. The lowest BCUT2D eigenvalue weighted by Crippen LogP contribution is -2.40. The van der Waals surface area contributed by atoms with Gasteiger partial charge in [-0.1, -0.05) is 0 Å². The molecule has 1 aliphatic rings. The van der Waals surface area contributed by atoms with Gasteiger partial charge >= 0.3 is 0 Å². The molecule has 0 aromatic carbocycles. The summed E-state index contributed by atoms with van der Waals surface area (Å²) in [6, 6.07) is 0. The molecule has 1 aliphatic carbocycles. The summed E-state index contributed by atoms with van der Waals surface area (Å²) in [5.41, 5.74) is 0.802. The molecule has 0 aliphatic heterocycles. The van der Waals surface area contributed by atoms with Crippen LogP contribution in [-0.4, -0.2) is 24.8 Å². The molecule has 0 unspecified atom stereocenters. The number of nitrogens with one attached hydrogen (secondary N) is 1. The van der Waals surface area contributed by atoms with Crippen molar-refractivity contribution in [3.63, 3.8) is 0 Å². The van der Waals surface area contributed by atoms with E-state index in [4.69, 9.17) is 4.74 Å². The van der Waals surface area contributed by atoms with Gasteiger partial charge in [0.05, 0.1) is 6.10 Å². The Balaban J connectivity index is 2.16. The van der Waals surface area contributed by atoms with Crippen molar-refractivity contribution in [3.05, 3.63) is 0 Å². The smallest absolute Gasteiger partial charge is 0.0518 e. The first-order valence-corrected chi connectivity index (χ1v) is 6.20. The first kappa shape index (κ1) is 13.0. The monoisotopic (exact) mass is 213 g/mol. The zero-order valence-corrected chi connectivity index (χ0v) is 11.0. The normalized spacial score (nSPS) is 19.6. The molecule has 0 heterocycles. The average Bonchev–Trinajstić information content (AvgIpc) is 2.80. The fourth-order valence-electron chi connectivity index (χ4n) is 1.66. The third-order valence-electron chi connectivity index (χ3n) is 3.03. The van der Waals surface area contributed by atoms with Gasteiger partial charge in [-0.15, -0.1) is 0 Å². The zero-order chi connectivity index (χ0) is 11.5. The van der Waals surface area contributed by atoms with Crippen molar-refractivity contribution in [2.45, 2.75) is 65.5 Å². The minimum Gasteiger partial charge on any atom is -0.379 e. The lowest BCUT2D eigenvalue weighted by Gasteiger charge is -2.25. The van der Waals surface area contributed by atoms with E-state index >= 15 is 0 Å². The molecule has 0 aromatic heterocycles. The van der Waals surface area contributed by atoms with E-state index in [1.54, 1.807) is 0 Å². The molecule has 2 nitrogen and oxygen atoms in total. The maximum atomic E-state index is 5.62. The molecule has 90 valence electrons. The van der Waals surface area contributed by atoms with E-state index in [1.165, 1.54) is 19.3 Å². The van der Waals surface area contributed by atoms with Gasteiger partial charge in [0.1, 0.15) is 0 Å². The van der Waals surface area contributed by atoms with Gasteiger partial charge in [0.25, 0.3) is 0 Å². The topological polar surface area (TPSA) is 21.3 Å². The fraction of sp³-hybridized carbons (Fsp3) is 1.00. The van der Waals surface area contributed by atoms with Gasteiger partial charge in [0.15, 0.2) is 0 Å². The maximum absolute atomic E-state index is 5.62. The van der Waals surface area contributed by atoms with Gasteiger partial charge in [0.2, 0.25) is 0 Å². The van der Waals surface area contributed by atoms with Crippen LogP contribution in [0.25, 0.3) is 0 Å². The highest BCUT2D eigenvalue weighted by molar-refractivity contribution is 4.96. The highest BCUT2D eigenvalue weighted by atomic mass is 16.5. The summed E-state index contributed by atoms with van der Waals surface area (Å²) in [4.78, 5) is 0. The summed E-state index contributed by atoms with van der Waals surface area (Å²) in [7, 11) is 0. The largest absolute Gasteiger partial charge is 0.379 e. The van der Waals surface area contributed by atoms with Gasteiger partial charge in [0, 0.05) is 18.7 Å². The van der Waals surface area contributed by atoms with Crippen molar-refractivity contribution in [1.29, 1.82) is 0 Å². The van der Waals surface area contributed by atoms with E-state index in [0.29, 0.717) is 11.5 Å². The van der Waals surface area contributed by atoms with Crippen molar-refractivity contribution in [2.75, 3.05) is 13.2 Å². The summed E-state index contributed by atoms with van der Waals surface area (Å²) in [6.07, 6.45) is 4.33. The van der Waals surface area contributed by atoms with Crippen molar-refractivity contribution in [2.24, 2.45) is 5.41 Å².